The number of fused-ring (bicyclic) bond motifs is 1. The molecule has 1 aliphatic heterocycles. The molecule has 27 heavy (non-hydrogen) atoms. The Morgan fingerprint density at radius 1 is 1.19 bits per heavy atom. The number of hydrogen-bond donors (Lipinski definition) is 1. The smallest absolute Gasteiger partial charge is 0.270 e. The Kier molecular flexibility index (Phi) is 4.32. The van der Waals surface area contributed by atoms with Crippen LogP contribution in [0.1, 0.15) is 22.5 Å². The summed E-state index contributed by atoms with van der Waals surface area (Å²) in [7, 11) is 0. The summed E-state index contributed by atoms with van der Waals surface area (Å²) in [5.74, 6) is -0.920. The standard InChI is InChI=1S/C21H18FN3O2/c1-13-4-2-6-16(10-13)25-12-15(11-19(25)26)23-21(27)18-9-8-14-5-3-7-17(22)20(14)24-18/h2-10,15H,11-12H2,1H3,(H,23,27)/t15-/m0/s1. The molecule has 0 spiro atoms. The van der Waals surface area contributed by atoms with Gasteiger partial charge in [0.15, 0.2) is 0 Å². The third-order valence-corrected chi connectivity index (χ3v) is 4.68. The van der Waals surface area contributed by atoms with Crippen molar-refractivity contribution >= 4 is 28.4 Å². The largest absolute Gasteiger partial charge is 0.346 e. The fourth-order valence-corrected chi connectivity index (χ4v) is 3.35. The molecule has 6 heteroatoms. The molecule has 2 amide bonds. The highest BCUT2D eigenvalue weighted by atomic mass is 19.1. The molecule has 1 fully saturated rings. The van der Waals surface area contributed by atoms with Crippen molar-refractivity contribution in [1.82, 2.24) is 10.3 Å². The van der Waals surface area contributed by atoms with Crippen LogP contribution in [0.5, 0.6) is 0 Å². The van der Waals surface area contributed by atoms with E-state index >= 15 is 0 Å². The van der Waals surface area contributed by atoms with Crippen LogP contribution in [0, 0.1) is 12.7 Å². The first kappa shape index (κ1) is 17.1. The predicted molar refractivity (Wildman–Crippen MR) is 101 cm³/mol. The van der Waals surface area contributed by atoms with Gasteiger partial charge in [0.2, 0.25) is 5.91 Å². The number of amides is 2. The minimum Gasteiger partial charge on any atom is -0.346 e. The van der Waals surface area contributed by atoms with Crippen LogP contribution in [0.4, 0.5) is 10.1 Å². The van der Waals surface area contributed by atoms with Crippen molar-refractivity contribution < 1.29 is 14.0 Å². The number of nitrogens with zero attached hydrogens (tertiary/aromatic N) is 2. The summed E-state index contributed by atoms with van der Waals surface area (Å²) in [4.78, 5) is 30.7. The van der Waals surface area contributed by atoms with Gasteiger partial charge in [-0.25, -0.2) is 9.37 Å². The lowest BCUT2D eigenvalue weighted by molar-refractivity contribution is -0.117. The Bertz CT molecular complexity index is 1050. The van der Waals surface area contributed by atoms with Gasteiger partial charge >= 0.3 is 0 Å². The molecular formula is C21H18FN3O2. The topological polar surface area (TPSA) is 62.3 Å². The molecule has 0 saturated carbocycles. The summed E-state index contributed by atoms with van der Waals surface area (Å²) in [6, 6.07) is 15.2. The molecule has 0 aliphatic carbocycles. The summed E-state index contributed by atoms with van der Waals surface area (Å²) in [5, 5.41) is 3.47. The fraction of sp³-hybridized carbons (Fsp3) is 0.190. The van der Waals surface area contributed by atoms with Crippen molar-refractivity contribution in [3.63, 3.8) is 0 Å². The van der Waals surface area contributed by atoms with Gasteiger partial charge in [-0.15, -0.1) is 0 Å². The van der Waals surface area contributed by atoms with E-state index in [1.807, 2.05) is 31.2 Å². The zero-order chi connectivity index (χ0) is 19.0. The van der Waals surface area contributed by atoms with Gasteiger partial charge in [0.05, 0.1) is 6.04 Å². The zero-order valence-electron chi connectivity index (χ0n) is 14.8. The predicted octanol–water partition coefficient (Wildman–Crippen LogP) is 3.22. The molecule has 2 aromatic carbocycles. The van der Waals surface area contributed by atoms with Gasteiger partial charge in [0, 0.05) is 24.0 Å². The minimum atomic E-state index is -0.469. The van der Waals surface area contributed by atoms with Gasteiger partial charge in [-0.3, -0.25) is 9.59 Å². The molecule has 1 saturated heterocycles. The van der Waals surface area contributed by atoms with Crippen LogP contribution in [0.2, 0.25) is 0 Å². The summed E-state index contributed by atoms with van der Waals surface area (Å²) in [5.41, 5.74) is 2.18. The normalized spacial score (nSPS) is 16.7. The average molecular weight is 363 g/mol. The molecule has 1 N–H and O–H groups in total. The van der Waals surface area contributed by atoms with Crippen LogP contribution >= 0.6 is 0 Å². The minimum absolute atomic E-state index is 0.0385. The van der Waals surface area contributed by atoms with E-state index in [2.05, 4.69) is 10.3 Å². The number of aromatic nitrogens is 1. The highest BCUT2D eigenvalue weighted by Gasteiger charge is 2.32. The molecule has 5 nitrogen and oxygen atoms in total. The number of aryl methyl sites for hydroxylation is 1. The Morgan fingerprint density at radius 2 is 2.00 bits per heavy atom. The van der Waals surface area contributed by atoms with Crippen molar-refractivity contribution in [2.75, 3.05) is 11.4 Å². The van der Waals surface area contributed by atoms with Crippen LogP contribution in [-0.4, -0.2) is 29.4 Å². The first-order valence-electron chi connectivity index (χ1n) is 8.74. The Morgan fingerprint density at radius 3 is 2.81 bits per heavy atom. The molecule has 4 rings (SSSR count). The van der Waals surface area contributed by atoms with Crippen LogP contribution in [0.3, 0.4) is 0 Å². The molecule has 1 aliphatic rings. The lowest BCUT2D eigenvalue weighted by Crippen LogP contribution is -2.37. The highest BCUT2D eigenvalue weighted by molar-refractivity contribution is 5.99. The van der Waals surface area contributed by atoms with Crippen molar-refractivity contribution in [1.29, 1.82) is 0 Å². The van der Waals surface area contributed by atoms with Gasteiger partial charge in [0.25, 0.3) is 5.91 Å². The molecule has 0 bridgehead atoms. The molecule has 1 atom stereocenters. The zero-order valence-corrected chi connectivity index (χ0v) is 14.8. The van der Waals surface area contributed by atoms with E-state index in [4.69, 9.17) is 0 Å². The van der Waals surface area contributed by atoms with Crippen LogP contribution < -0.4 is 10.2 Å². The molecule has 0 unspecified atom stereocenters. The summed E-state index contributed by atoms with van der Waals surface area (Å²) >= 11 is 0. The average Bonchev–Trinajstić information content (AvgIpc) is 3.02. The van der Waals surface area contributed by atoms with Gasteiger partial charge < -0.3 is 10.2 Å². The molecule has 0 radical (unpaired) electrons. The summed E-state index contributed by atoms with van der Waals surface area (Å²) < 4.78 is 13.9. The number of halogens is 1. The van der Waals surface area contributed by atoms with Crippen LogP contribution in [0.25, 0.3) is 10.9 Å². The number of para-hydroxylation sites is 1. The lowest BCUT2D eigenvalue weighted by Gasteiger charge is -2.17. The monoisotopic (exact) mass is 363 g/mol. The van der Waals surface area contributed by atoms with Crippen molar-refractivity contribution in [2.45, 2.75) is 19.4 Å². The maximum atomic E-state index is 13.9. The van der Waals surface area contributed by atoms with E-state index in [-0.39, 0.29) is 29.6 Å². The second-order valence-electron chi connectivity index (χ2n) is 6.73. The Balaban J connectivity index is 1.50. The van der Waals surface area contributed by atoms with E-state index < -0.39 is 11.7 Å². The van der Waals surface area contributed by atoms with Crippen LogP contribution in [0.15, 0.2) is 54.6 Å². The number of nitrogens with one attached hydrogen (secondary N) is 1. The lowest BCUT2D eigenvalue weighted by atomic mass is 10.2. The second kappa shape index (κ2) is 6.79. The first-order valence-corrected chi connectivity index (χ1v) is 8.74. The van der Waals surface area contributed by atoms with Crippen molar-refractivity contribution in [3.8, 4) is 0 Å². The van der Waals surface area contributed by atoms with Crippen molar-refractivity contribution in [3.05, 3.63) is 71.7 Å². The SMILES string of the molecule is Cc1cccc(N2C[C@@H](NC(=O)c3ccc4cccc(F)c4n3)CC2=O)c1. The van der Waals surface area contributed by atoms with E-state index in [1.165, 1.54) is 6.07 Å². The van der Waals surface area contributed by atoms with E-state index in [1.54, 1.807) is 29.2 Å². The third kappa shape index (κ3) is 3.38. The highest BCUT2D eigenvalue weighted by Crippen LogP contribution is 2.23. The van der Waals surface area contributed by atoms with Gasteiger partial charge in [-0.2, -0.15) is 0 Å². The molecule has 2 heterocycles. The maximum absolute atomic E-state index is 13.9. The fourth-order valence-electron chi connectivity index (χ4n) is 3.35. The van der Waals surface area contributed by atoms with E-state index in [0.29, 0.717) is 11.9 Å². The number of carbonyl (C=O) groups excluding carboxylic acids is 2. The Labute approximate surface area is 155 Å². The number of benzene rings is 2. The van der Waals surface area contributed by atoms with Crippen molar-refractivity contribution in [2.24, 2.45) is 0 Å². The van der Waals surface area contributed by atoms with Gasteiger partial charge in [-0.1, -0.05) is 30.3 Å². The maximum Gasteiger partial charge on any atom is 0.270 e. The van der Waals surface area contributed by atoms with Gasteiger partial charge in [0.1, 0.15) is 17.0 Å². The first-order chi connectivity index (χ1) is 13.0. The quantitative estimate of drug-likeness (QED) is 0.777. The molecule has 1 aromatic heterocycles. The number of carbonyl (C=O) groups is 2. The third-order valence-electron chi connectivity index (χ3n) is 4.68. The van der Waals surface area contributed by atoms with E-state index in [0.717, 1.165) is 11.3 Å². The number of pyridine rings is 1. The van der Waals surface area contributed by atoms with Gasteiger partial charge in [-0.05, 0) is 36.8 Å². The second-order valence-corrected chi connectivity index (χ2v) is 6.73. The molecule has 3 aromatic rings. The summed E-state index contributed by atoms with van der Waals surface area (Å²) in [6.07, 6.45) is 0.224. The molecule has 136 valence electrons. The molecular weight excluding hydrogens is 345 g/mol. The summed E-state index contributed by atoms with van der Waals surface area (Å²) in [6.45, 7) is 2.36. The number of hydrogen-bond acceptors (Lipinski definition) is 3. The van der Waals surface area contributed by atoms with E-state index in [9.17, 15) is 14.0 Å². The number of rotatable bonds is 3. The van der Waals surface area contributed by atoms with Crippen LogP contribution in [-0.2, 0) is 4.79 Å². The Hall–Kier alpha value is -3.28. The number of anilines is 1.